The lowest BCUT2D eigenvalue weighted by atomic mass is 9.92. The molecular weight excluding hydrogens is 408 g/mol. The van der Waals surface area contributed by atoms with Gasteiger partial charge in [0, 0.05) is 24.0 Å². The molecule has 1 N–H and O–H groups in total. The quantitative estimate of drug-likeness (QED) is 0.429. The van der Waals surface area contributed by atoms with Gasteiger partial charge in [0.05, 0.1) is 22.4 Å². The maximum Gasteiger partial charge on any atom is 0.162 e. The standard InChI is InChI=1S/C25H25F2N5/c1-5-31-9-8-16-18(10-15(26)11-20(16)31)17-12-19(27)21-22(13(17)2)32-23(14-6-7-14)29-30-24(32)25(3,4)28-21/h8-12,14,28H,5-7H2,1-4H3. The number of rotatable bonds is 3. The van der Waals surface area contributed by atoms with Gasteiger partial charge in [0.15, 0.2) is 5.82 Å². The van der Waals surface area contributed by atoms with Crippen LogP contribution in [0.5, 0.6) is 0 Å². The molecule has 0 amide bonds. The highest BCUT2D eigenvalue weighted by Crippen LogP contribution is 2.48. The molecule has 2 aromatic carbocycles. The van der Waals surface area contributed by atoms with Gasteiger partial charge in [-0.05, 0) is 81.5 Å². The molecule has 4 aromatic rings. The van der Waals surface area contributed by atoms with Crippen LogP contribution in [0.1, 0.15) is 56.7 Å². The molecule has 5 nitrogen and oxygen atoms in total. The zero-order valence-electron chi connectivity index (χ0n) is 18.6. The van der Waals surface area contributed by atoms with Crippen LogP contribution in [0.4, 0.5) is 14.5 Å². The Labute approximate surface area is 185 Å². The number of hydrogen-bond acceptors (Lipinski definition) is 3. The predicted molar refractivity (Wildman–Crippen MR) is 121 cm³/mol. The summed E-state index contributed by atoms with van der Waals surface area (Å²) in [6.07, 6.45) is 4.08. The summed E-state index contributed by atoms with van der Waals surface area (Å²) in [5.41, 5.74) is 3.68. The summed E-state index contributed by atoms with van der Waals surface area (Å²) < 4.78 is 34.4. The predicted octanol–water partition coefficient (Wildman–Crippen LogP) is 6.03. The van der Waals surface area contributed by atoms with Gasteiger partial charge in [-0.25, -0.2) is 8.78 Å². The molecule has 1 aliphatic heterocycles. The van der Waals surface area contributed by atoms with E-state index in [1.807, 2.05) is 49.1 Å². The minimum absolute atomic E-state index is 0.332. The number of halogens is 2. The lowest BCUT2D eigenvalue weighted by Gasteiger charge is -2.35. The van der Waals surface area contributed by atoms with Crippen molar-refractivity contribution in [2.45, 2.75) is 58.5 Å². The number of nitrogens with zero attached hydrogens (tertiary/aromatic N) is 4. The molecule has 2 aliphatic rings. The Kier molecular flexibility index (Phi) is 3.89. The molecule has 6 rings (SSSR count). The van der Waals surface area contributed by atoms with Crippen molar-refractivity contribution in [1.29, 1.82) is 0 Å². The number of hydrogen-bond donors (Lipinski definition) is 1. The SMILES string of the molecule is CCn1ccc2c(-c3cc(F)c4c(c3C)-n3c(C5CC5)nnc3C(C)(C)N4)cc(F)cc21. The molecule has 3 heterocycles. The van der Waals surface area contributed by atoms with Gasteiger partial charge >= 0.3 is 0 Å². The molecule has 32 heavy (non-hydrogen) atoms. The number of nitrogens with one attached hydrogen (secondary N) is 1. The van der Waals surface area contributed by atoms with E-state index in [2.05, 4.69) is 15.5 Å². The van der Waals surface area contributed by atoms with Gasteiger partial charge in [-0.2, -0.15) is 0 Å². The van der Waals surface area contributed by atoms with Gasteiger partial charge < -0.3 is 9.88 Å². The topological polar surface area (TPSA) is 47.7 Å². The minimum Gasteiger partial charge on any atom is -0.369 e. The molecule has 164 valence electrons. The van der Waals surface area contributed by atoms with Gasteiger partial charge in [-0.3, -0.25) is 4.57 Å². The zero-order chi connectivity index (χ0) is 22.4. The molecule has 0 atom stereocenters. The fraction of sp³-hybridized carbons (Fsp3) is 0.360. The van der Waals surface area contributed by atoms with Crippen molar-refractivity contribution in [3.63, 3.8) is 0 Å². The molecule has 1 fully saturated rings. The molecule has 1 aliphatic carbocycles. The number of aromatic nitrogens is 4. The van der Waals surface area contributed by atoms with Crippen LogP contribution in [0.2, 0.25) is 0 Å². The number of aryl methyl sites for hydroxylation is 1. The van der Waals surface area contributed by atoms with Crippen LogP contribution >= 0.6 is 0 Å². The summed E-state index contributed by atoms with van der Waals surface area (Å²) in [6, 6.07) is 6.55. The molecule has 7 heteroatoms. The van der Waals surface area contributed by atoms with Crippen LogP contribution < -0.4 is 5.32 Å². The maximum absolute atomic E-state index is 15.6. The van der Waals surface area contributed by atoms with Gasteiger partial charge in [-0.1, -0.05) is 0 Å². The molecule has 0 unspecified atom stereocenters. The van der Waals surface area contributed by atoms with Crippen LogP contribution in [0.25, 0.3) is 27.7 Å². The molecule has 0 spiro atoms. The number of benzene rings is 2. The summed E-state index contributed by atoms with van der Waals surface area (Å²) in [5, 5.41) is 13.2. The Morgan fingerprint density at radius 3 is 2.62 bits per heavy atom. The van der Waals surface area contributed by atoms with Gasteiger partial charge in [-0.15, -0.1) is 10.2 Å². The summed E-state index contributed by atoms with van der Waals surface area (Å²) in [6.45, 7) is 8.70. The second kappa shape index (κ2) is 6.40. The van der Waals surface area contributed by atoms with E-state index in [1.54, 1.807) is 6.07 Å². The third-order valence-electron chi connectivity index (χ3n) is 6.84. The fourth-order valence-corrected chi connectivity index (χ4v) is 5.07. The molecule has 1 saturated carbocycles. The summed E-state index contributed by atoms with van der Waals surface area (Å²) in [7, 11) is 0. The van der Waals surface area contributed by atoms with E-state index in [1.165, 1.54) is 12.1 Å². The summed E-state index contributed by atoms with van der Waals surface area (Å²) in [5.74, 6) is 1.32. The Hall–Kier alpha value is -3.22. The smallest absolute Gasteiger partial charge is 0.162 e. The first-order valence-corrected chi connectivity index (χ1v) is 11.2. The molecule has 0 bridgehead atoms. The highest BCUT2D eigenvalue weighted by molar-refractivity contribution is 5.98. The Morgan fingerprint density at radius 2 is 1.91 bits per heavy atom. The highest BCUT2D eigenvalue weighted by Gasteiger charge is 2.41. The first-order chi connectivity index (χ1) is 15.3. The molecule has 0 radical (unpaired) electrons. The Balaban J connectivity index is 1.67. The first-order valence-electron chi connectivity index (χ1n) is 11.2. The second-order valence-electron chi connectivity index (χ2n) is 9.48. The third kappa shape index (κ3) is 2.60. The molecule has 0 saturated heterocycles. The second-order valence-corrected chi connectivity index (χ2v) is 9.48. The van der Waals surface area contributed by atoms with E-state index in [0.29, 0.717) is 22.7 Å². The van der Waals surface area contributed by atoms with Crippen LogP contribution in [0, 0.1) is 18.6 Å². The minimum atomic E-state index is -0.563. The van der Waals surface area contributed by atoms with E-state index < -0.39 is 5.54 Å². The number of anilines is 1. The van der Waals surface area contributed by atoms with Crippen molar-refractivity contribution in [1.82, 2.24) is 19.3 Å². The van der Waals surface area contributed by atoms with Crippen molar-refractivity contribution >= 4 is 16.6 Å². The van der Waals surface area contributed by atoms with Crippen molar-refractivity contribution < 1.29 is 8.78 Å². The first kappa shape index (κ1) is 19.5. The van der Waals surface area contributed by atoms with Crippen LogP contribution in [-0.4, -0.2) is 19.3 Å². The van der Waals surface area contributed by atoms with Gasteiger partial charge in [0.25, 0.3) is 0 Å². The van der Waals surface area contributed by atoms with Crippen molar-refractivity contribution in [2.75, 3.05) is 5.32 Å². The largest absolute Gasteiger partial charge is 0.369 e. The normalized spacial score (nSPS) is 16.7. The molecular formula is C25H25F2N5. The van der Waals surface area contributed by atoms with E-state index in [4.69, 9.17) is 0 Å². The monoisotopic (exact) mass is 433 g/mol. The maximum atomic E-state index is 15.6. The Morgan fingerprint density at radius 1 is 1.12 bits per heavy atom. The fourth-order valence-electron chi connectivity index (χ4n) is 5.07. The summed E-state index contributed by atoms with van der Waals surface area (Å²) in [4.78, 5) is 0. The van der Waals surface area contributed by atoms with Crippen LogP contribution in [0.15, 0.2) is 30.5 Å². The molecule has 2 aromatic heterocycles. The van der Waals surface area contributed by atoms with Crippen LogP contribution in [0.3, 0.4) is 0 Å². The van der Waals surface area contributed by atoms with Crippen molar-refractivity contribution in [2.24, 2.45) is 0 Å². The average Bonchev–Trinajstić information content (AvgIpc) is 3.34. The average molecular weight is 434 g/mol. The zero-order valence-corrected chi connectivity index (χ0v) is 18.6. The van der Waals surface area contributed by atoms with E-state index in [0.717, 1.165) is 53.2 Å². The van der Waals surface area contributed by atoms with Crippen LogP contribution in [-0.2, 0) is 12.1 Å². The van der Waals surface area contributed by atoms with E-state index in [-0.39, 0.29) is 11.6 Å². The third-order valence-corrected chi connectivity index (χ3v) is 6.84. The highest BCUT2D eigenvalue weighted by atomic mass is 19.1. The van der Waals surface area contributed by atoms with E-state index in [9.17, 15) is 4.39 Å². The van der Waals surface area contributed by atoms with Gasteiger partial charge in [0.1, 0.15) is 17.5 Å². The summed E-state index contributed by atoms with van der Waals surface area (Å²) >= 11 is 0. The van der Waals surface area contributed by atoms with Gasteiger partial charge in [0.2, 0.25) is 0 Å². The number of fused-ring (bicyclic) bond motifs is 4. The van der Waals surface area contributed by atoms with E-state index >= 15 is 4.39 Å². The Bertz CT molecular complexity index is 1410. The van der Waals surface area contributed by atoms with Crippen molar-refractivity contribution in [3.05, 3.63) is 59.3 Å². The van der Waals surface area contributed by atoms with Crippen molar-refractivity contribution in [3.8, 4) is 16.8 Å². The lowest BCUT2D eigenvalue weighted by Crippen LogP contribution is -2.37. The lowest BCUT2D eigenvalue weighted by molar-refractivity contribution is 0.520.